The Morgan fingerprint density at radius 3 is 2.83 bits per heavy atom. The van der Waals surface area contributed by atoms with Crippen LogP contribution in [0.1, 0.15) is 0 Å². The third kappa shape index (κ3) is 2.02. The minimum absolute atomic E-state index is 0.104. The highest BCUT2D eigenvalue weighted by molar-refractivity contribution is 6.32. The van der Waals surface area contributed by atoms with Crippen molar-refractivity contribution in [1.29, 1.82) is 0 Å². The van der Waals surface area contributed by atoms with E-state index < -0.39 is 0 Å². The maximum Gasteiger partial charge on any atom is 0.145 e. The van der Waals surface area contributed by atoms with E-state index >= 15 is 0 Å². The van der Waals surface area contributed by atoms with E-state index in [1.54, 1.807) is 6.20 Å². The summed E-state index contributed by atoms with van der Waals surface area (Å²) in [5, 5.41) is 7.12. The molecular formula is C12H12ClN3O2. The number of rotatable bonds is 3. The van der Waals surface area contributed by atoms with E-state index in [1.807, 2.05) is 18.2 Å². The van der Waals surface area contributed by atoms with Crippen LogP contribution in [0.4, 0.5) is 5.82 Å². The van der Waals surface area contributed by atoms with Crippen LogP contribution in [0.3, 0.4) is 0 Å². The average Bonchev–Trinajstić information content (AvgIpc) is 2.71. The topological polar surface area (TPSA) is 73.2 Å². The number of anilines is 1. The van der Waals surface area contributed by atoms with Crippen LogP contribution in [0.2, 0.25) is 5.02 Å². The number of hydrogen-bond acceptors (Lipinski definition) is 4. The molecule has 0 unspecified atom stereocenters. The third-order valence-electron chi connectivity index (χ3n) is 2.81. The minimum Gasteiger partial charge on any atom is -0.484 e. The second-order valence-corrected chi connectivity index (χ2v) is 4.53. The molecule has 1 saturated heterocycles. The van der Waals surface area contributed by atoms with Gasteiger partial charge in [-0.25, -0.2) is 0 Å². The molecule has 94 valence electrons. The molecule has 0 atom stereocenters. The van der Waals surface area contributed by atoms with Gasteiger partial charge in [0, 0.05) is 5.56 Å². The predicted molar refractivity (Wildman–Crippen MR) is 68.7 cm³/mol. The number of nitrogen functional groups attached to an aromatic ring is 1. The van der Waals surface area contributed by atoms with Gasteiger partial charge in [-0.1, -0.05) is 17.7 Å². The highest BCUT2D eigenvalue weighted by Crippen LogP contribution is 2.33. The van der Waals surface area contributed by atoms with Gasteiger partial charge >= 0.3 is 0 Å². The van der Waals surface area contributed by atoms with Crippen LogP contribution in [-0.2, 0) is 4.74 Å². The van der Waals surface area contributed by atoms with Crippen LogP contribution in [-0.4, -0.2) is 29.5 Å². The molecule has 2 heterocycles. The molecule has 0 bridgehead atoms. The molecular weight excluding hydrogens is 254 g/mol. The van der Waals surface area contributed by atoms with E-state index in [0.717, 1.165) is 11.1 Å². The Hall–Kier alpha value is -1.72. The Kier molecular flexibility index (Phi) is 2.85. The van der Waals surface area contributed by atoms with Crippen LogP contribution >= 0.6 is 11.6 Å². The second kappa shape index (κ2) is 4.51. The average molecular weight is 266 g/mol. The SMILES string of the molecule is Nc1[nH]ncc1-c1ccc(OC2COC2)c(Cl)c1. The molecule has 0 amide bonds. The van der Waals surface area contributed by atoms with Gasteiger partial charge in [0.15, 0.2) is 0 Å². The van der Waals surface area contributed by atoms with Gasteiger partial charge in [0.05, 0.1) is 24.4 Å². The quantitative estimate of drug-likeness (QED) is 0.891. The molecule has 6 heteroatoms. The van der Waals surface area contributed by atoms with Crippen LogP contribution in [0.25, 0.3) is 11.1 Å². The summed E-state index contributed by atoms with van der Waals surface area (Å²) in [7, 11) is 0. The molecule has 0 saturated carbocycles. The lowest BCUT2D eigenvalue weighted by Gasteiger charge is -2.27. The van der Waals surface area contributed by atoms with Crippen molar-refractivity contribution in [1.82, 2.24) is 10.2 Å². The first-order valence-corrected chi connectivity index (χ1v) is 5.95. The fourth-order valence-electron chi connectivity index (χ4n) is 1.75. The smallest absolute Gasteiger partial charge is 0.145 e. The molecule has 3 rings (SSSR count). The Balaban J connectivity index is 1.86. The summed E-state index contributed by atoms with van der Waals surface area (Å²) < 4.78 is 10.7. The Morgan fingerprint density at radius 1 is 1.44 bits per heavy atom. The number of ether oxygens (including phenoxy) is 2. The number of nitrogens with two attached hydrogens (primary N) is 1. The fourth-order valence-corrected chi connectivity index (χ4v) is 1.98. The van der Waals surface area contributed by atoms with Crippen molar-refractivity contribution in [2.45, 2.75) is 6.10 Å². The lowest BCUT2D eigenvalue weighted by Crippen LogP contribution is -2.38. The standard InChI is InChI=1S/C12H12ClN3O2/c13-10-3-7(9-4-15-16-12(9)14)1-2-11(10)18-8-5-17-6-8/h1-4,8H,5-6H2,(H3,14,15,16). The van der Waals surface area contributed by atoms with Gasteiger partial charge in [0.25, 0.3) is 0 Å². The van der Waals surface area contributed by atoms with Crippen LogP contribution in [0, 0.1) is 0 Å². The van der Waals surface area contributed by atoms with E-state index in [2.05, 4.69) is 10.2 Å². The van der Waals surface area contributed by atoms with Crippen LogP contribution < -0.4 is 10.5 Å². The summed E-state index contributed by atoms with van der Waals surface area (Å²) in [5.74, 6) is 1.18. The van der Waals surface area contributed by atoms with Gasteiger partial charge in [-0.05, 0) is 17.7 Å². The molecule has 2 aromatic rings. The third-order valence-corrected chi connectivity index (χ3v) is 3.11. The number of hydrogen-bond donors (Lipinski definition) is 2. The first-order chi connectivity index (χ1) is 8.74. The number of halogens is 1. The zero-order valence-electron chi connectivity index (χ0n) is 9.52. The van der Waals surface area contributed by atoms with Crippen molar-refractivity contribution in [3.63, 3.8) is 0 Å². The monoisotopic (exact) mass is 265 g/mol. The number of benzene rings is 1. The van der Waals surface area contributed by atoms with Crippen molar-refractivity contribution in [2.75, 3.05) is 18.9 Å². The number of aromatic amines is 1. The Labute approximate surface area is 109 Å². The molecule has 0 aliphatic carbocycles. The van der Waals surface area contributed by atoms with Gasteiger partial charge < -0.3 is 15.2 Å². The molecule has 18 heavy (non-hydrogen) atoms. The zero-order valence-corrected chi connectivity index (χ0v) is 10.3. The molecule has 3 N–H and O–H groups in total. The fraction of sp³-hybridized carbons (Fsp3) is 0.250. The second-order valence-electron chi connectivity index (χ2n) is 4.12. The largest absolute Gasteiger partial charge is 0.484 e. The highest BCUT2D eigenvalue weighted by Gasteiger charge is 2.21. The van der Waals surface area contributed by atoms with Gasteiger partial charge in [-0.15, -0.1) is 0 Å². The van der Waals surface area contributed by atoms with Gasteiger partial charge in [0.1, 0.15) is 17.7 Å². The maximum atomic E-state index is 6.19. The van der Waals surface area contributed by atoms with Crippen molar-refractivity contribution in [2.24, 2.45) is 0 Å². The summed E-state index contributed by atoms with van der Waals surface area (Å²) in [6, 6.07) is 5.56. The summed E-state index contributed by atoms with van der Waals surface area (Å²) in [6.07, 6.45) is 1.77. The van der Waals surface area contributed by atoms with E-state index in [-0.39, 0.29) is 6.10 Å². The van der Waals surface area contributed by atoms with E-state index in [0.29, 0.717) is 29.8 Å². The van der Waals surface area contributed by atoms with E-state index in [4.69, 9.17) is 26.8 Å². The van der Waals surface area contributed by atoms with Crippen LogP contribution in [0.15, 0.2) is 24.4 Å². The van der Waals surface area contributed by atoms with Crippen molar-refractivity contribution in [3.8, 4) is 16.9 Å². The molecule has 1 aliphatic rings. The van der Waals surface area contributed by atoms with Crippen LogP contribution in [0.5, 0.6) is 5.75 Å². The van der Waals surface area contributed by atoms with E-state index in [1.165, 1.54) is 0 Å². The highest BCUT2D eigenvalue weighted by atomic mass is 35.5. The minimum atomic E-state index is 0.104. The summed E-state index contributed by atoms with van der Waals surface area (Å²) in [4.78, 5) is 0. The summed E-state index contributed by atoms with van der Waals surface area (Å²) >= 11 is 6.19. The number of nitrogens with zero attached hydrogens (tertiary/aromatic N) is 1. The molecule has 1 aromatic carbocycles. The lowest BCUT2D eigenvalue weighted by molar-refractivity contribution is -0.0796. The normalized spacial score (nSPS) is 15.4. The summed E-state index contributed by atoms with van der Waals surface area (Å²) in [6.45, 7) is 1.24. The van der Waals surface area contributed by atoms with Gasteiger partial charge in [-0.3, -0.25) is 5.10 Å². The van der Waals surface area contributed by atoms with Gasteiger partial charge in [0.2, 0.25) is 0 Å². The number of nitrogens with one attached hydrogen (secondary N) is 1. The molecule has 0 radical (unpaired) electrons. The first-order valence-electron chi connectivity index (χ1n) is 5.57. The zero-order chi connectivity index (χ0) is 12.5. The van der Waals surface area contributed by atoms with Crippen molar-refractivity contribution >= 4 is 17.4 Å². The Bertz CT molecular complexity index is 566. The molecule has 1 fully saturated rings. The predicted octanol–water partition coefficient (Wildman–Crippen LogP) is 2.09. The maximum absolute atomic E-state index is 6.19. The van der Waals surface area contributed by atoms with Gasteiger partial charge in [-0.2, -0.15) is 5.10 Å². The molecule has 5 nitrogen and oxygen atoms in total. The number of aromatic nitrogens is 2. The Morgan fingerprint density at radius 2 is 2.28 bits per heavy atom. The molecule has 0 spiro atoms. The molecule has 1 aliphatic heterocycles. The first kappa shape index (κ1) is 11.4. The van der Waals surface area contributed by atoms with Crippen molar-refractivity contribution in [3.05, 3.63) is 29.4 Å². The van der Waals surface area contributed by atoms with Crippen molar-refractivity contribution < 1.29 is 9.47 Å². The lowest BCUT2D eigenvalue weighted by atomic mass is 10.1. The summed E-state index contributed by atoms with van der Waals surface area (Å²) in [5.41, 5.74) is 7.50. The molecule has 1 aromatic heterocycles. The number of H-pyrrole nitrogens is 1. The van der Waals surface area contributed by atoms with E-state index in [9.17, 15) is 0 Å².